The van der Waals surface area contributed by atoms with E-state index in [-0.39, 0.29) is 0 Å². The molecule has 3 nitrogen and oxygen atoms in total. The van der Waals surface area contributed by atoms with E-state index in [9.17, 15) is 4.79 Å². The van der Waals surface area contributed by atoms with E-state index >= 15 is 0 Å². The zero-order valence-corrected chi connectivity index (χ0v) is 11.0. The average molecular weight is 301 g/mol. The molecule has 0 spiro atoms. The topological polar surface area (TPSA) is 34.4 Å². The Morgan fingerprint density at radius 2 is 1.94 bits per heavy atom. The van der Waals surface area contributed by atoms with Crippen LogP contribution in [0.1, 0.15) is 10.5 Å². The minimum absolute atomic E-state index is 0.593. The molecular weight excluding hydrogens is 292 g/mol. The number of rotatable bonds is 2. The molecule has 18 heavy (non-hydrogen) atoms. The van der Waals surface area contributed by atoms with Crippen molar-refractivity contribution in [3.8, 4) is 11.4 Å². The molecule has 0 saturated heterocycles. The summed E-state index contributed by atoms with van der Waals surface area (Å²) in [7, 11) is 0. The van der Waals surface area contributed by atoms with Crippen molar-refractivity contribution in [1.82, 2.24) is 9.38 Å². The molecule has 3 aromatic rings. The first-order valence-corrected chi connectivity index (χ1v) is 6.27. The second kappa shape index (κ2) is 4.38. The van der Waals surface area contributed by atoms with Gasteiger partial charge in [-0.25, -0.2) is 4.98 Å². The van der Waals surface area contributed by atoms with Gasteiger partial charge in [-0.1, -0.05) is 40.2 Å². The van der Waals surface area contributed by atoms with E-state index in [4.69, 9.17) is 0 Å². The van der Waals surface area contributed by atoms with E-state index in [2.05, 4.69) is 20.9 Å². The van der Waals surface area contributed by atoms with Gasteiger partial charge in [0.05, 0.1) is 17.4 Å². The molecule has 0 aliphatic rings. The minimum atomic E-state index is 0.593. The van der Waals surface area contributed by atoms with Crippen LogP contribution in [-0.4, -0.2) is 15.7 Å². The van der Waals surface area contributed by atoms with E-state index in [1.807, 2.05) is 40.8 Å². The lowest BCUT2D eigenvalue weighted by molar-refractivity contribution is 0.111. The summed E-state index contributed by atoms with van der Waals surface area (Å²) < 4.78 is 2.81. The van der Waals surface area contributed by atoms with Gasteiger partial charge in [0.2, 0.25) is 0 Å². The lowest BCUT2D eigenvalue weighted by atomic mass is 10.2. The number of pyridine rings is 1. The van der Waals surface area contributed by atoms with Crippen molar-refractivity contribution in [2.24, 2.45) is 0 Å². The van der Waals surface area contributed by atoms with Gasteiger partial charge in [-0.15, -0.1) is 0 Å². The number of nitrogens with zero attached hydrogens (tertiary/aromatic N) is 2. The molecule has 3 rings (SSSR count). The lowest BCUT2D eigenvalue weighted by Crippen LogP contribution is -1.97. The third-order valence-corrected chi connectivity index (χ3v) is 3.51. The van der Waals surface area contributed by atoms with E-state index in [1.54, 1.807) is 12.3 Å². The van der Waals surface area contributed by atoms with Crippen LogP contribution in [0.3, 0.4) is 0 Å². The third kappa shape index (κ3) is 1.66. The normalized spacial score (nSPS) is 10.7. The Balaban J connectivity index is 2.37. The number of carbonyl (C=O) groups excluding carboxylic acids is 1. The predicted octanol–water partition coefficient (Wildman–Crippen LogP) is 3.58. The van der Waals surface area contributed by atoms with Crippen molar-refractivity contribution in [3.05, 3.63) is 58.8 Å². The van der Waals surface area contributed by atoms with Gasteiger partial charge in [0.15, 0.2) is 6.29 Å². The summed E-state index contributed by atoms with van der Waals surface area (Å²) in [5.41, 5.74) is 2.47. The molecule has 4 heteroatoms. The van der Waals surface area contributed by atoms with Gasteiger partial charge in [0.25, 0.3) is 0 Å². The van der Waals surface area contributed by atoms with Crippen molar-refractivity contribution in [2.45, 2.75) is 0 Å². The Labute approximate surface area is 112 Å². The van der Waals surface area contributed by atoms with Crippen LogP contribution in [0, 0.1) is 0 Å². The summed E-state index contributed by atoms with van der Waals surface area (Å²) in [4.78, 5) is 15.5. The maximum atomic E-state index is 11.1. The number of hydrogen-bond acceptors (Lipinski definition) is 2. The zero-order chi connectivity index (χ0) is 12.5. The third-order valence-electron chi connectivity index (χ3n) is 2.82. The second-order valence-electron chi connectivity index (χ2n) is 3.89. The number of aromatic nitrogens is 2. The fraction of sp³-hybridized carbons (Fsp3) is 0. The molecule has 1 aromatic carbocycles. The Hall–Kier alpha value is -1.94. The standard InChI is InChI=1S/C14H9BrN2O/c15-13-7-2-1-6-12(13)14-16-8-10-4-3-5-11(9-18)17(10)14/h1-9H. The summed E-state index contributed by atoms with van der Waals surface area (Å²) >= 11 is 3.51. The van der Waals surface area contributed by atoms with Gasteiger partial charge in [0, 0.05) is 10.0 Å². The Morgan fingerprint density at radius 3 is 2.72 bits per heavy atom. The molecular formula is C14H9BrN2O. The number of benzene rings is 1. The number of hydrogen-bond donors (Lipinski definition) is 0. The molecule has 0 amide bonds. The van der Waals surface area contributed by atoms with Crippen LogP contribution >= 0.6 is 15.9 Å². The Morgan fingerprint density at radius 1 is 1.11 bits per heavy atom. The highest BCUT2D eigenvalue weighted by Crippen LogP contribution is 2.28. The van der Waals surface area contributed by atoms with Crippen LogP contribution in [0.25, 0.3) is 16.9 Å². The molecule has 0 bridgehead atoms. The molecule has 0 aliphatic carbocycles. The summed E-state index contributed by atoms with van der Waals surface area (Å²) in [5, 5.41) is 0. The molecule has 0 aliphatic heterocycles. The molecule has 2 heterocycles. The second-order valence-corrected chi connectivity index (χ2v) is 4.74. The Kier molecular flexibility index (Phi) is 2.72. The largest absolute Gasteiger partial charge is 0.296 e. The van der Waals surface area contributed by atoms with E-state index in [1.165, 1.54) is 0 Å². The predicted molar refractivity (Wildman–Crippen MR) is 73.7 cm³/mol. The maximum absolute atomic E-state index is 11.1. The van der Waals surface area contributed by atoms with Crippen molar-refractivity contribution in [3.63, 3.8) is 0 Å². The molecule has 0 saturated carbocycles. The van der Waals surface area contributed by atoms with Gasteiger partial charge in [0.1, 0.15) is 5.82 Å². The molecule has 2 aromatic heterocycles. The van der Waals surface area contributed by atoms with Crippen LogP contribution in [0.2, 0.25) is 0 Å². The van der Waals surface area contributed by atoms with E-state index in [0.717, 1.165) is 27.7 Å². The monoisotopic (exact) mass is 300 g/mol. The fourth-order valence-corrected chi connectivity index (χ4v) is 2.46. The first-order valence-electron chi connectivity index (χ1n) is 5.48. The number of fused-ring (bicyclic) bond motifs is 1. The van der Waals surface area contributed by atoms with Gasteiger partial charge < -0.3 is 0 Å². The summed E-state index contributed by atoms with van der Waals surface area (Å²) in [6.45, 7) is 0. The average Bonchev–Trinajstić information content (AvgIpc) is 2.83. The van der Waals surface area contributed by atoms with Crippen LogP contribution < -0.4 is 0 Å². The highest BCUT2D eigenvalue weighted by atomic mass is 79.9. The lowest BCUT2D eigenvalue weighted by Gasteiger charge is -2.05. The van der Waals surface area contributed by atoms with Crippen molar-refractivity contribution in [1.29, 1.82) is 0 Å². The van der Waals surface area contributed by atoms with Crippen molar-refractivity contribution in [2.75, 3.05) is 0 Å². The maximum Gasteiger partial charge on any atom is 0.166 e. The first kappa shape index (κ1) is 11.2. The van der Waals surface area contributed by atoms with Crippen molar-refractivity contribution >= 4 is 27.7 Å². The van der Waals surface area contributed by atoms with E-state index < -0.39 is 0 Å². The number of carbonyl (C=O) groups is 1. The van der Waals surface area contributed by atoms with E-state index in [0.29, 0.717) is 5.69 Å². The summed E-state index contributed by atoms with van der Waals surface area (Å²) in [6.07, 6.45) is 2.61. The van der Waals surface area contributed by atoms with Gasteiger partial charge in [-0.3, -0.25) is 9.20 Å². The first-order chi connectivity index (χ1) is 8.81. The fourth-order valence-electron chi connectivity index (χ4n) is 2.00. The van der Waals surface area contributed by atoms with Gasteiger partial charge >= 0.3 is 0 Å². The molecule has 0 atom stereocenters. The van der Waals surface area contributed by atoms with Crippen LogP contribution in [0.5, 0.6) is 0 Å². The number of halogens is 1. The van der Waals surface area contributed by atoms with Crippen LogP contribution in [0.4, 0.5) is 0 Å². The molecule has 0 N–H and O–H groups in total. The molecule has 0 unspecified atom stereocenters. The SMILES string of the molecule is O=Cc1cccc2cnc(-c3ccccc3Br)n12. The molecule has 88 valence electrons. The van der Waals surface area contributed by atoms with Crippen molar-refractivity contribution < 1.29 is 4.79 Å². The van der Waals surface area contributed by atoms with Crippen LogP contribution in [-0.2, 0) is 0 Å². The smallest absolute Gasteiger partial charge is 0.166 e. The zero-order valence-electron chi connectivity index (χ0n) is 9.38. The number of imidazole rings is 1. The summed E-state index contributed by atoms with van der Waals surface area (Å²) in [5.74, 6) is 0.764. The van der Waals surface area contributed by atoms with Gasteiger partial charge in [-0.2, -0.15) is 0 Å². The van der Waals surface area contributed by atoms with Gasteiger partial charge in [-0.05, 0) is 18.2 Å². The van der Waals surface area contributed by atoms with Crippen LogP contribution in [0.15, 0.2) is 53.1 Å². The molecule has 0 radical (unpaired) electrons. The minimum Gasteiger partial charge on any atom is -0.296 e. The molecule has 0 fully saturated rings. The number of aldehydes is 1. The highest BCUT2D eigenvalue weighted by Gasteiger charge is 2.11. The Bertz CT molecular complexity index is 733. The summed E-state index contributed by atoms with van der Waals surface area (Å²) in [6, 6.07) is 13.4. The highest BCUT2D eigenvalue weighted by molar-refractivity contribution is 9.10. The quantitative estimate of drug-likeness (QED) is 0.678.